The minimum Gasteiger partial charge on any atom is -0.382 e. The van der Waals surface area contributed by atoms with Gasteiger partial charge in [-0.2, -0.15) is 13.2 Å². The number of halogens is 3. The lowest BCUT2D eigenvalue weighted by Crippen LogP contribution is -2.42. The number of hydrogen-bond acceptors (Lipinski definition) is 3. The summed E-state index contributed by atoms with van der Waals surface area (Å²) in [5.74, 6) is 0. The molecule has 1 fully saturated rings. The van der Waals surface area contributed by atoms with Gasteiger partial charge in [0.1, 0.15) is 0 Å². The number of hydrogen-bond donors (Lipinski definition) is 2. The molecular weight excluding hydrogens is 245 g/mol. The third-order valence-electron chi connectivity index (χ3n) is 2.73. The van der Waals surface area contributed by atoms with Crippen LogP contribution in [0.5, 0.6) is 0 Å². The Morgan fingerprint density at radius 1 is 1.39 bits per heavy atom. The number of ether oxygens (including phenoxy) is 1. The van der Waals surface area contributed by atoms with E-state index in [9.17, 15) is 13.2 Å². The Bertz CT molecular complexity index is 389. The Hall–Kier alpha value is -1.27. The molecule has 1 heterocycles. The first-order valence-electron chi connectivity index (χ1n) is 5.79. The first-order chi connectivity index (χ1) is 8.55. The number of benzene rings is 1. The molecular formula is C12H15F3N2O. The number of nitrogens with one attached hydrogen (secondary N) is 2. The van der Waals surface area contributed by atoms with Gasteiger partial charge in [-0.15, -0.1) is 0 Å². The van der Waals surface area contributed by atoms with Crippen LogP contribution in [0.1, 0.15) is 5.56 Å². The summed E-state index contributed by atoms with van der Waals surface area (Å²) in [7, 11) is 0. The number of morpholine rings is 1. The van der Waals surface area contributed by atoms with Gasteiger partial charge in [-0.1, -0.05) is 6.07 Å². The maximum absolute atomic E-state index is 12.5. The van der Waals surface area contributed by atoms with Gasteiger partial charge < -0.3 is 15.4 Å². The van der Waals surface area contributed by atoms with E-state index in [1.54, 1.807) is 6.07 Å². The van der Waals surface area contributed by atoms with Crippen molar-refractivity contribution in [2.24, 2.45) is 0 Å². The Morgan fingerprint density at radius 3 is 2.89 bits per heavy atom. The third-order valence-corrected chi connectivity index (χ3v) is 2.73. The minimum atomic E-state index is -4.30. The molecule has 0 aromatic heterocycles. The maximum atomic E-state index is 12.5. The van der Waals surface area contributed by atoms with Crippen LogP contribution in [0, 0.1) is 0 Å². The molecule has 1 saturated heterocycles. The number of alkyl halides is 3. The number of rotatable bonds is 3. The summed E-state index contributed by atoms with van der Waals surface area (Å²) in [4.78, 5) is 0. The molecule has 18 heavy (non-hydrogen) atoms. The summed E-state index contributed by atoms with van der Waals surface area (Å²) in [5, 5.41) is 6.12. The van der Waals surface area contributed by atoms with Gasteiger partial charge in [-0.05, 0) is 18.2 Å². The molecule has 1 aliphatic rings. The van der Waals surface area contributed by atoms with Crippen molar-refractivity contribution in [1.82, 2.24) is 5.32 Å². The molecule has 0 radical (unpaired) electrons. The highest BCUT2D eigenvalue weighted by atomic mass is 19.4. The van der Waals surface area contributed by atoms with Crippen molar-refractivity contribution in [3.05, 3.63) is 29.8 Å². The van der Waals surface area contributed by atoms with Crippen LogP contribution in [-0.4, -0.2) is 32.3 Å². The van der Waals surface area contributed by atoms with E-state index >= 15 is 0 Å². The van der Waals surface area contributed by atoms with E-state index in [0.717, 1.165) is 18.7 Å². The van der Waals surface area contributed by atoms with Crippen molar-refractivity contribution < 1.29 is 17.9 Å². The molecule has 100 valence electrons. The van der Waals surface area contributed by atoms with E-state index in [4.69, 9.17) is 4.74 Å². The van der Waals surface area contributed by atoms with Crippen LogP contribution < -0.4 is 10.6 Å². The molecule has 1 atom stereocenters. The van der Waals surface area contributed by atoms with Gasteiger partial charge in [0.05, 0.1) is 18.3 Å². The summed E-state index contributed by atoms with van der Waals surface area (Å²) in [5.41, 5.74) is -0.186. The molecule has 1 aliphatic heterocycles. The van der Waals surface area contributed by atoms with Gasteiger partial charge in [-0.25, -0.2) is 0 Å². The first-order valence-corrected chi connectivity index (χ1v) is 5.79. The van der Waals surface area contributed by atoms with Crippen LogP contribution >= 0.6 is 0 Å². The topological polar surface area (TPSA) is 33.3 Å². The Kier molecular flexibility index (Phi) is 4.08. The average Bonchev–Trinajstić information content (AvgIpc) is 2.37. The molecule has 3 nitrogen and oxygen atoms in total. The van der Waals surface area contributed by atoms with Crippen molar-refractivity contribution >= 4 is 5.69 Å². The quantitative estimate of drug-likeness (QED) is 0.873. The van der Waals surface area contributed by atoms with Crippen LogP contribution in [-0.2, 0) is 10.9 Å². The predicted molar refractivity (Wildman–Crippen MR) is 62.5 cm³/mol. The number of anilines is 1. The first kappa shape index (κ1) is 13.2. The molecule has 2 rings (SSSR count). The van der Waals surface area contributed by atoms with Crippen molar-refractivity contribution in [2.45, 2.75) is 12.3 Å². The van der Waals surface area contributed by atoms with E-state index in [-0.39, 0.29) is 6.10 Å². The molecule has 0 spiro atoms. The molecule has 1 aromatic carbocycles. The Morgan fingerprint density at radius 2 is 2.22 bits per heavy atom. The fourth-order valence-corrected chi connectivity index (χ4v) is 1.79. The van der Waals surface area contributed by atoms with E-state index in [1.165, 1.54) is 6.07 Å². The fourth-order valence-electron chi connectivity index (χ4n) is 1.79. The summed E-state index contributed by atoms with van der Waals surface area (Å²) >= 11 is 0. The van der Waals surface area contributed by atoms with Gasteiger partial charge in [0.15, 0.2) is 0 Å². The lowest BCUT2D eigenvalue weighted by Gasteiger charge is -2.24. The Balaban J connectivity index is 1.92. The standard InChI is InChI=1S/C12H15F3N2O/c13-12(14,15)9-2-1-3-10(6-9)17-8-11-7-16-4-5-18-11/h1-3,6,11,16-17H,4-5,7-8H2. The second kappa shape index (κ2) is 5.58. The predicted octanol–water partition coefficient (Wildman–Crippen LogP) is 2.11. The summed E-state index contributed by atoms with van der Waals surface area (Å²) in [6.45, 7) is 2.66. The van der Waals surface area contributed by atoms with Crippen molar-refractivity contribution in [2.75, 3.05) is 31.6 Å². The van der Waals surface area contributed by atoms with Crippen LogP contribution in [0.25, 0.3) is 0 Å². The lowest BCUT2D eigenvalue weighted by atomic mass is 10.2. The zero-order chi connectivity index (χ0) is 13.0. The van der Waals surface area contributed by atoms with Gasteiger partial charge >= 0.3 is 6.18 Å². The van der Waals surface area contributed by atoms with E-state index in [1.807, 2.05) is 0 Å². The van der Waals surface area contributed by atoms with Crippen molar-refractivity contribution in [1.29, 1.82) is 0 Å². The molecule has 2 N–H and O–H groups in total. The van der Waals surface area contributed by atoms with E-state index < -0.39 is 11.7 Å². The molecule has 0 aliphatic carbocycles. The maximum Gasteiger partial charge on any atom is 0.416 e. The van der Waals surface area contributed by atoms with Crippen molar-refractivity contribution in [3.63, 3.8) is 0 Å². The van der Waals surface area contributed by atoms with Crippen LogP contribution in [0.15, 0.2) is 24.3 Å². The molecule has 1 aromatic rings. The molecule has 1 unspecified atom stereocenters. The average molecular weight is 260 g/mol. The summed E-state index contributed by atoms with van der Waals surface area (Å²) in [6, 6.07) is 5.18. The Labute approximate surface area is 103 Å². The molecule has 0 amide bonds. The summed E-state index contributed by atoms with van der Waals surface area (Å²) < 4.78 is 43.0. The second-order valence-electron chi connectivity index (χ2n) is 4.16. The minimum absolute atomic E-state index is 0.00621. The largest absolute Gasteiger partial charge is 0.416 e. The monoisotopic (exact) mass is 260 g/mol. The SMILES string of the molecule is FC(F)(F)c1cccc(NCC2CNCCO2)c1. The van der Waals surface area contributed by atoms with Crippen LogP contribution in [0.4, 0.5) is 18.9 Å². The molecule has 0 bridgehead atoms. The summed E-state index contributed by atoms with van der Waals surface area (Å²) in [6.07, 6.45) is -4.31. The van der Waals surface area contributed by atoms with Gasteiger partial charge in [0, 0.05) is 25.3 Å². The third kappa shape index (κ3) is 3.61. The van der Waals surface area contributed by atoms with Crippen LogP contribution in [0.3, 0.4) is 0 Å². The highest BCUT2D eigenvalue weighted by Gasteiger charge is 2.30. The zero-order valence-electron chi connectivity index (χ0n) is 9.76. The second-order valence-corrected chi connectivity index (χ2v) is 4.16. The van der Waals surface area contributed by atoms with Crippen LogP contribution in [0.2, 0.25) is 0 Å². The molecule has 0 saturated carbocycles. The normalized spacial score (nSPS) is 20.7. The van der Waals surface area contributed by atoms with E-state index in [2.05, 4.69) is 10.6 Å². The molecule has 6 heteroatoms. The zero-order valence-corrected chi connectivity index (χ0v) is 9.76. The lowest BCUT2D eigenvalue weighted by molar-refractivity contribution is -0.137. The van der Waals surface area contributed by atoms with Gasteiger partial charge in [0.2, 0.25) is 0 Å². The van der Waals surface area contributed by atoms with E-state index in [0.29, 0.717) is 25.4 Å². The van der Waals surface area contributed by atoms with Crippen molar-refractivity contribution in [3.8, 4) is 0 Å². The highest BCUT2D eigenvalue weighted by molar-refractivity contribution is 5.46. The van der Waals surface area contributed by atoms with Gasteiger partial charge in [-0.3, -0.25) is 0 Å². The highest BCUT2D eigenvalue weighted by Crippen LogP contribution is 2.30. The van der Waals surface area contributed by atoms with Gasteiger partial charge in [0.25, 0.3) is 0 Å². The fraction of sp³-hybridized carbons (Fsp3) is 0.500. The smallest absolute Gasteiger partial charge is 0.382 e.